The van der Waals surface area contributed by atoms with E-state index in [1.165, 1.54) is 19.1 Å². The number of rotatable bonds is 5. The molecule has 1 atom stereocenters. The predicted molar refractivity (Wildman–Crippen MR) is 68.2 cm³/mol. The number of nitrogens with one attached hydrogen (secondary N) is 1. The Labute approximate surface area is 110 Å². The van der Waals surface area contributed by atoms with Crippen LogP contribution in [0.2, 0.25) is 0 Å². The van der Waals surface area contributed by atoms with Crippen molar-refractivity contribution in [3.63, 3.8) is 0 Å². The van der Waals surface area contributed by atoms with E-state index in [4.69, 9.17) is 10.2 Å². The first-order valence-electron chi connectivity index (χ1n) is 5.88. The summed E-state index contributed by atoms with van der Waals surface area (Å²) in [6.45, 7) is 3.25. The monoisotopic (exact) mass is 267 g/mol. The van der Waals surface area contributed by atoms with Crippen LogP contribution in [-0.2, 0) is 4.79 Å². The molecule has 19 heavy (non-hydrogen) atoms. The van der Waals surface area contributed by atoms with Gasteiger partial charge in [0.1, 0.15) is 5.54 Å². The maximum Gasteiger partial charge on any atom is 0.329 e. The van der Waals surface area contributed by atoms with Gasteiger partial charge in [0.25, 0.3) is 5.91 Å². The van der Waals surface area contributed by atoms with E-state index in [1.54, 1.807) is 0 Å². The van der Waals surface area contributed by atoms with Crippen LogP contribution in [0.5, 0.6) is 11.5 Å². The Morgan fingerprint density at radius 2 is 1.89 bits per heavy atom. The van der Waals surface area contributed by atoms with E-state index in [-0.39, 0.29) is 17.7 Å². The summed E-state index contributed by atoms with van der Waals surface area (Å²) in [5.74, 6) is -2.51. The highest BCUT2D eigenvalue weighted by Crippen LogP contribution is 2.25. The molecule has 1 aromatic carbocycles. The summed E-state index contributed by atoms with van der Waals surface area (Å²) < 4.78 is 0. The SMILES string of the molecule is CCCC(C)(NC(=O)c1ccc(O)c(O)c1)C(=O)O. The molecule has 0 aromatic heterocycles. The molecule has 0 aliphatic rings. The number of carbonyl (C=O) groups excluding carboxylic acids is 1. The Morgan fingerprint density at radius 3 is 2.37 bits per heavy atom. The second kappa shape index (κ2) is 5.60. The molecule has 0 radical (unpaired) electrons. The molecule has 0 aliphatic carbocycles. The molecule has 1 rings (SSSR count). The molecule has 4 N–H and O–H groups in total. The van der Waals surface area contributed by atoms with Gasteiger partial charge in [0, 0.05) is 5.56 Å². The van der Waals surface area contributed by atoms with Crippen LogP contribution in [0, 0.1) is 0 Å². The molecule has 0 saturated carbocycles. The van der Waals surface area contributed by atoms with E-state index in [2.05, 4.69) is 5.32 Å². The fraction of sp³-hybridized carbons (Fsp3) is 0.385. The largest absolute Gasteiger partial charge is 0.504 e. The molecule has 6 nitrogen and oxygen atoms in total. The Morgan fingerprint density at radius 1 is 1.26 bits per heavy atom. The Hall–Kier alpha value is -2.24. The number of amides is 1. The van der Waals surface area contributed by atoms with Gasteiger partial charge in [-0.15, -0.1) is 0 Å². The number of hydrogen-bond acceptors (Lipinski definition) is 4. The first-order valence-corrected chi connectivity index (χ1v) is 5.88. The van der Waals surface area contributed by atoms with E-state index < -0.39 is 23.2 Å². The lowest BCUT2D eigenvalue weighted by Crippen LogP contribution is -2.52. The first kappa shape index (κ1) is 14.8. The predicted octanol–water partition coefficient (Wildman–Crippen LogP) is 1.47. The van der Waals surface area contributed by atoms with Crippen molar-refractivity contribution < 1.29 is 24.9 Å². The van der Waals surface area contributed by atoms with Crippen LogP contribution in [0.25, 0.3) is 0 Å². The molecule has 0 spiro atoms. The van der Waals surface area contributed by atoms with Gasteiger partial charge in [-0.25, -0.2) is 4.79 Å². The van der Waals surface area contributed by atoms with Gasteiger partial charge >= 0.3 is 5.97 Å². The average molecular weight is 267 g/mol. The van der Waals surface area contributed by atoms with Gasteiger partial charge < -0.3 is 20.6 Å². The molecule has 0 aliphatic heterocycles. The van der Waals surface area contributed by atoms with Gasteiger partial charge in [-0.3, -0.25) is 4.79 Å². The number of aromatic hydroxyl groups is 2. The lowest BCUT2D eigenvalue weighted by atomic mass is 9.95. The summed E-state index contributed by atoms with van der Waals surface area (Å²) in [6, 6.07) is 3.56. The minimum Gasteiger partial charge on any atom is -0.504 e. The number of carbonyl (C=O) groups is 2. The van der Waals surface area contributed by atoms with Crippen molar-refractivity contribution in [2.24, 2.45) is 0 Å². The molecule has 104 valence electrons. The Kier molecular flexibility index (Phi) is 4.37. The van der Waals surface area contributed by atoms with Crippen molar-refractivity contribution in [2.45, 2.75) is 32.2 Å². The third kappa shape index (κ3) is 3.37. The Balaban J connectivity index is 2.94. The van der Waals surface area contributed by atoms with Crippen molar-refractivity contribution >= 4 is 11.9 Å². The van der Waals surface area contributed by atoms with Crippen molar-refractivity contribution in [2.75, 3.05) is 0 Å². The lowest BCUT2D eigenvalue weighted by Gasteiger charge is -2.25. The molecule has 0 fully saturated rings. The molecule has 0 heterocycles. The quantitative estimate of drug-likeness (QED) is 0.604. The molecular weight excluding hydrogens is 250 g/mol. The molecule has 0 saturated heterocycles. The molecule has 1 aromatic rings. The fourth-order valence-electron chi connectivity index (χ4n) is 1.71. The van der Waals surface area contributed by atoms with Crippen LogP contribution in [0.4, 0.5) is 0 Å². The van der Waals surface area contributed by atoms with Crippen LogP contribution in [0.3, 0.4) is 0 Å². The zero-order valence-corrected chi connectivity index (χ0v) is 10.8. The van der Waals surface area contributed by atoms with Gasteiger partial charge in [-0.1, -0.05) is 13.3 Å². The van der Waals surface area contributed by atoms with Crippen LogP contribution in [0.15, 0.2) is 18.2 Å². The van der Waals surface area contributed by atoms with E-state index >= 15 is 0 Å². The average Bonchev–Trinajstić information content (AvgIpc) is 2.32. The highest BCUT2D eigenvalue weighted by atomic mass is 16.4. The van der Waals surface area contributed by atoms with Crippen LogP contribution in [0.1, 0.15) is 37.0 Å². The van der Waals surface area contributed by atoms with Gasteiger partial charge in [-0.05, 0) is 31.5 Å². The highest BCUT2D eigenvalue weighted by molar-refractivity contribution is 5.98. The Bertz CT molecular complexity index is 500. The number of phenols is 2. The number of aliphatic carboxylic acids is 1. The van der Waals surface area contributed by atoms with Crippen molar-refractivity contribution in [3.8, 4) is 11.5 Å². The summed E-state index contributed by atoms with van der Waals surface area (Å²) in [5.41, 5.74) is -1.28. The normalized spacial score (nSPS) is 13.6. The highest BCUT2D eigenvalue weighted by Gasteiger charge is 2.34. The van der Waals surface area contributed by atoms with Gasteiger partial charge in [0.05, 0.1) is 0 Å². The lowest BCUT2D eigenvalue weighted by molar-refractivity contribution is -0.144. The first-order chi connectivity index (χ1) is 8.80. The molecule has 1 amide bonds. The summed E-state index contributed by atoms with van der Waals surface area (Å²) >= 11 is 0. The minimum atomic E-state index is -1.36. The van der Waals surface area contributed by atoms with Crippen LogP contribution < -0.4 is 5.32 Å². The van der Waals surface area contributed by atoms with Crippen LogP contribution >= 0.6 is 0 Å². The molecule has 6 heteroatoms. The second-order valence-electron chi connectivity index (χ2n) is 4.54. The third-order valence-electron chi connectivity index (χ3n) is 2.85. The summed E-state index contributed by atoms with van der Waals surface area (Å²) in [6.07, 6.45) is 0.891. The number of carboxylic acids is 1. The maximum atomic E-state index is 11.9. The summed E-state index contributed by atoms with van der Waals surface area (Å²) in [7, 11) is 0. The third-order valence-corrected chi connectivity index (χ3v) is 2.85. The van der Waals surface area contributed by atoms with E-state index in [9.17, 15) is 14.7 Å². The van der Waals surface area contributed by atoms with Gasteiger partial charge in [0.15, 0.2) is 11.5 Å². The minimum absolute atomic E-state index is 0.0823. The summed E-state index contributed by atoms with van der Waals surface area (Å²) in [5, 5.41) is 30.0. The molecule has 1 unspecified atom stereocenters. The smallest absolute Gasteiger partial charge is 0.329 e. The van der Waals surface area contributed by atoms with E-state index in [0.717, 1.165) is 6.07 Å². The number of benzene rings is 1. The van der Waals surface area contributed by atoms with Crippen molar-refractivity contribution in [1.29, 1.82) is 0 Å². The molecular formula is C13H17NO5. The van der Waals surface area contributed by atoms with Gasteiger partial charge in [0.2, 0.25) is 0 Å². The number of hydrogen-bond donors (Lipinski definition) is 4. The number of phenolic OH excluding ortho intramolecular Hbond substituents is 2. The number of carboxylic acid groups (broad SMARTS) is 1. The summed E-state index contributed by atoms with van der Waals surface area (Å²) in [4.78, 5) is 23.1. The van der Waals surface area contributed by atoms with Gasteiger partial charge in [-0.2, -0.15) is 0 Å². The fourth-order valence-corrected chi connectivity index (χ4v) is 1.71. The zero-order chi connectivity index (χ0) is 14.6. The molecule has 0 bridgehead atoms. The maximum absolute atomic E-state index is 11.9. The van der Waals surface area contributed by atoms with Crippen LogP contribution in [-0.4, -0.2) is 32.7 Å². The van der Waals surface area contributed by atoms with Crippen molar-refractivity contribution in [3.05, 3.63) is 23.8 Å². The van der Waals surface area contributed by atoms with E-state index in [0.29, 0.717) is 6.42 Å². The second-order valence-corrected chi connectivity index (χ2v) is 4.54. The van der Waals surface area contributed by atoms with E-state index in [1.807, 2.05) is 6.92 Å². The van der Waals surface area contributed by atoms with Crippen molar-refractivity contribution in [1.82, 2.24) is 5.32 Å². The zero-order valence-electron chi connectivity index (χ0n) is 10.8. The topological polar surface area (TPSA) is 107 Å². The standard InChI is InChI=1S/C13H17NO5/c1-3-6-13(2,12(18)19)14-11(17)8-4-5-9(15)10(16)7-8/h4-5,7,15-16H,3,6H2,1-2H3,(H,14,17)(H,18,19).